The van der Waals surface area contributed by atoms with Crippen molar-refractivity contribution in [3.8, 4) is 16.9 Å². The largest absolute Gasteiger partial charge is 0.573 e. The predicted molar refractivity (Wildman–Crippen MR) is 73.7 cm³/mol. The lowest BCUT2D eigenvalue weighted by atomic mass is 9.94. The monoisotopic (exact) mass is 368 g/mol. The maximum absolute atomic E-state index is 13.2. The highest BCUT2D eigenvalue weighted by atomic mass is 35.5. The Balaban J connectivity index is 2.67. The molecule has 0 saturated carbocycles. The molecule has 2 rings (SSSR count). The first-order valence-corrected chi connectivity index (χ1v) is 6.63. The molecule has 0 spiro atoms. The molecule has 0 amide bonds. The zero-order valence-corrected chi connectivity index (χ0v) is 12.3. The zero-order chi connectivity index (χ0) is 18.1. The highest BCUT2D eigenvalue weighted by Gasteiger charge is 2.36. The van der Waals surface area contributed by atoms with Crippen molar-refractivity contribution in [2.45, 2.75) is 12.5 Å². The summed E-state index contributed by atoms with van der Waals surface area (Å²) in [7, 11) is 0. The van der Waals surface area contributed by atoms with Crippen LogP contribution in [0.2, 0.25) is 0 Å². The molecule has 0 atom stereocenters. The van der Waals surface area contributed by atoms with Crippen LogP contribution in [0.5, 0.6) is 5.75 Å². The molecule has 0 aliphatic rings. The van der Waals surface area contributed by atoms with Crippen LogP contribution < -0.4 is 4.74 Å². The van der Waals surface area contributed by atoms with Gasteiger partial charge in [-0.2, -0.15) is 13.2 Å². The smallest absolute Gasteiger partial charge is 0.406 e. The molecule has 0 aliphatic heterocycles. The Hall–Kier alpha value is -2.22. The molecule has 0 heterocycles. The second-order valence-corrected chi connectivity index (χ2v) is 4.92. The lowest BCUT2D eigenvalue weighted by molar-refractivity contribution is -0.274. The molecule has 2 aromatic carbocycles. The highest BCUT2D eigenvalue weighted by Crippen LogP contribution is 2.40. The van der Waals surface area contributed by atoms with Crippen LogP contribution in [0.25, 0.3) is 11.1 Å². The van der Waals surface area contributed by atoms with E-state index in [-0.39, 0.29) is 5.56 Å². The molecule has 0 bridgehead atoms. The van der Waals surface area contributed by atoms with Crippen molar-refractivity contribution in [2.24, 2.45) is 0 Å². The van der Waals surface area contributed by atoms with Crippen LogP contribution in [0.1, 0.15) is 15.9 Å². The lowest BCUT2D eigenvalue weighted by Gasteiger charge is -2.16. The average molecular weight is 369 g/mol. The Labute approximate surface area is 136 Å². The second-order valence-electron chi connectivity index (χ2n) is 4.58. The Morgan fingerprint density at radius 3 is 2.12 bits per heavy atom. The molecule has 128 valence electrons. The van der Waals surface area contributed by atoms with Gasteiger partial charge in [0.25, 0.3) is 5.24 Å². The number of carbonyl (C=O) groups excluding carboxylic acids is 1. The third-order valence-corrected chi connectivity index (χ3v) is 3.14. The third-order valence-electron chi connectivity index (χ3n) is 2.94. The first-order valence-electron chi connectivity index (χ1n) is 6.25. The maximum Gasteiger partial charge on any atom is 0.573 e. The summed E-state index contributed by atoms with van der Waals surface area (Å²) in [5.41, 5.74) is -2.57. The number of hydrogen-bond acceptors (Lipinski definition) is 2. The third kappa shape index (κ3) is 4.19. The van der Waals surface area contributed by atoms with Gasteiger partial charge >= 0.3 is 12.5 Å². The van der Waals surface area contributed by atoms with Crippen LogP contribution in [-0.2, 0) is 6.18 Å². The molecule has 0 fully saturated rings. The number of alkyl halides is 6. The van der Waals surface area contributed by atoms with E-state index < -0.39 is 40.2 Å². The Bertz CT molecular complexity index is 767. The van der Waals surface area contributed by atoms with E-state index in [4.69, 9.17) is 11.6 Å². The molecular weight excluding hydrogens is 362 g/mol. The van der Waals surface area contributed by atoms with Gasteiger partial charge < -0.3 is 4.74 Å². The molecule has 9 heteroatoms. The highest BCUT2D eigenvalue weighted by molar-refractivity contribution is 6.68. The molecule has 0 saturated heterocycles. The molecule has 0 aromatic heterocycles. The number of carbonyl (C=O) groups is 1. The van der Waals surface area contributed by atoms with Crippen molar-refractivity contribution >= 4 is 16.8 Å². The Morgan fingerprint density at radius 2 is 1.58 bits per heavy atom. The van der Waals surface area contributed by atoms with Gasteiger partial charge in [0.15, 0.2) is 0 Å². The van der Waals surface area contributed by atoms with Crippen molar-refractivity contribution in [2.75, 3.05) is 0 Å². The SMILES string of the molecule is O=C(Cl)c1cccc(C(F)(F)F)c1-c1cccc(OC(F)(F)F)c1. The van der Waals surface area contributed by atoms with Crippen LogP contribution in [0.4, 0.5) is 26.3 Å². The first kappa shape index (κ1) is 18.1. The molecule has 0 radical (unpaired) electrons. The lowest BCUT2D eigenvalue weighted by Crippen LogP contribution is -2.17. The average Bonchev–Trinajstić information content (AvgIpc) is 2.44. The summed E-state index contributed by atoms with van der Waals surface area (Å²) >= 11 is 5.31. The van der Waals surface area contributed by atoms with E-state index in [1.165, 1.54) is 0 Å². The summed E-state index contributed by atoms with van der Waals surface area (Å²) in [5, 5.41) is -1.17. The van der Waals surface area contributed by atoms with Crippen molar-refractivity contribution in [3.63, 3.8) is 0 Å². The number of halogens is 7. The van der Waals surface area contributed by atoms with Crippen LogP contribution in [0.3, 0.4) is 0 Å². The van der Waals surface area contributed by atoms with Crippen molar-refractivity contribution in [3.05, 3.63) is 53.6 Å². The number of rotatable bonds is 3. The van der Waals surface area contributed by atoms with Crippen LogP contribution in [0, 0.1) is 0 Å². The van der Waals surface area contributed by atoms with E-state index in [0.717, 1.165) is 36.4 Å². The fraction of sp³-hybridized carbons (Fsp3) is 0.133. The van der Waals surface area contributed by atoms with Gasteiger partial charge in [0, 0.05) is 11.1 Å². The molecule has 2 aromatic rings. The summed E-state index contributed by atoms with van der Waals surface area (Å²) in [4.78, 5) is 11.4. The van der Waals surface area contributed by atoms with Gasteiger partial charge in [0.1, 0.15) is 5.75 Å². The number of benzene rings is 2. The van der Waals surface area contributed by atoms with Gasteiger partial charge in [-0.25, -0.2) is 0 Å². The van der Waals surface area contributed by atoms with Crippen molar-refractivity contribution in [1.29, 1.82) is 0 Å². The Morgan fingerprint density at radius 1 is 0.958 bits per heavy atom. The molecule has 0 aliphatic carbocycles. The van der Waals surface area contributed by atoms with Crippen molar-refractivity contribution < 1.29 is 35.9 Å². The van der Waals surface area contributed by atoms with Gasteiger partial charge in [-0.1, -0.05) is 18.2 Å². The fourth-order valence-electron chi connectivity index (χ4n) is 2.11. The van der Waals surface area contributed by atoms with E-state index in [2.05, 4.69) is 4.74 Å². The Kier molecular flexibility index (Phi) is 4.80. The van der Waals surface area contributed by atoms with E-state index in [9.17, 15) is 31.1 Å². The molecule has 0 unspecified atom stereocenters. The fourth-order valence-corrected chi connectivity index (χ4v) is 2.27. The van der Waals surface area contributed by atoms with Crippen LogP contribution in [-0.4, -0.2) is 11.6 Å². The summed E-state index contributed by atoms with van der Waals surface area (Å²) in [5.74, 6) is -0.718. The predicted octanol–water partition coefficient (Wildman–Crippen LogP) is 5.65. The normalized spacial score (nSPS) is 12.1. The van der Waals surface area contributed by atoms with Gasteiger partial charge in [-0.3, -0.25) is 4.79 Å². The summed E-state index contributed by atoms with van der Waals surface area (Å²) in [6, 6.07) is 6.62. The minimum Gasteiger partial charge on any atom is -0.406 e. The van der Waals surface area contributed by atoms with Gasteiger partial charge in [-0.05, 0) is 41.4 Å². The number of hydrogen-bond donors (Lipinski definition) is 0. The molecule has 24 heavy (non-hydrogen) atoms. The standard InChI is InChI=1S/C15H7ClF6O2/c16-13(23)10-5-2-6-11(14(17,18)19)12(10)8-3-1-4-9(7-8)24-15(20,21)22/h1-7H. The van der Waals surface area contributed by atoms with E-state index >= 15 is 0 Å². The minimum absolute atomic E-state index is 0.284. The topological polar surface area (TPSA) is 26.3 Å². The molecule has 0 N–H and O–H groups in total. The van der Waals surface area contributed by atoms with E-state index in [0.29, 0.717) is 6.07 Å². The zero-order valence-electron chi connectivity index (χ0n) is 11.5. The maximum atomic E-state index is 13.2. The quantitative estimate of drug-likeness (QED) is 0.517. The van der Waals surface area contributed by atoms with Gasteiger partial charge in [0.05, 0.1) is 5.56 Å². The van der Waals surface area contributed by atoms with Crippen LogP contribution >= 0.6 is 11.6 Å². The summed E-state index contributed by atoms with van der Waals surface area (Å²) in [6.45, 7) is 0. The number of ether oxygens (including phenoxy) is 1. The summed E-state index contributed by atoms with van der Waals surface area (Å²) < 4.78 is 80.1. The van der Waals surface area contributed by atoms with E-state index in [1.807, 2.05) is 0 Å². The first-order chi connectivity index (χ1) is 11.0. The van der Waals surface area contributed by atoms with Crippen molar-refractivity contribution in [1.82, 2.24) is 0 Å². The summed E-state index contributed by atoms with van der Waals surface area (Å²) in [6.07, 6.45) is -9.84. The minimum atomic E-state index is -5.01. The molecule has 2 nitrogen and oxygen atoms in total. The van der Waals surface area contributed by atoms with Gasteiger partial charge in [0.2, 0.25) is 0 Å². The van der Waals surface area contributed by atoms with Gasteiger partial charge in [-0.15, -0.1) is 13.2 Å². The van der Waals surface area contributed by atoms with E-state index in [1.54, 1.807) is 0 Å². The van der Waals surface area contributed by atoms with Crippen LogP contribution in [0.15, 0.2) is 42.5 Å². The second kappa shape index (κ2) is 6.35. The molecular formula is C15H7ClF6O2.